The molecule has 3 rings (SSSR count). The van der Waals surface area contributed by atoms with Crippen LogP contribution in [0.2, 0.25) is 10.0 Å². The third-order valence-electron chi connectivity index (χ3n) is 3.96. The summed E-state index contributed by atoms with van der Waals surface area (Å²) < 4.78 is 5.56. The summed E-state index contributed by atoms with van der Waals surface area (Å²) >= 11 is 17.1. The first kappa shape index (κ1) is 20.4. The Morgan fingerprint density at radius 1 is 1.00 bits per heavy atom. The zero-order chi connectivity index (χ0) is 19.9. The van der Waals surface area contributed by atoms with E-state index in [9.17, 15) is 4.79 Å². The van der Waals surface area contributed by atoms with Gasteiger partial charge in [0.2, 0.25) is 5.91 Å². The summed E-state index contributed by atoms with van der Waals surface area (Å²) in [4.78, 5) is 12.0. The smallest absolute Gasteiger partial charge is 0.226 e. The number of carbonyl (C=O) groups excluding carboxylic acids is 1. The van der Waals surface area contributed by atoms with Crippen molar-refractivity contribution in [3.63, 3.8) is 0 Å². The summed E-state index contributed by atoms with van der Waals surface area (Å²) in [6.07, 6.45) is 0.814. The van der Waals surface area contributed by atoms with Gasteiger partial charge >= 0.3 is 0 Å². The highest BCUT2D eigenvalue weighted by molar-refractivity contribution is 7.80. The van der Waals surface area contributed by atoms with Crippen molar-refractivity contribution in [3.8, 4) is 5.75 Å². The first-order valence-electron chi connectivity index (χ1n) is 8.69. The molecule has 0 saturated heterocycles. The van der Waals surface area contributed by atoms with Gasteiger partial charge in [0.05, 0.1) is 11.6 Å². The molecule has 3 aromatic carbocycles. The fraction of sp³-hybridized carbons (Fsp3) is 0.143. The summed E-state index contributed by atoms with van der Waals surface area (Å²) in [5, 5.41) is 9.20. The van der Waals surface area contributed by atoms with Crippen molar-refractivity contribution in [2.45, 2.75) is 12.8 Å². The van der Waals surface area contributed by atoms with Gasteiger partial charge in [0.1, 0.15) is 5.75 Å². The number of ether oxygens (including phenoxy) is 1. The average molecular weight is 433 g/mol. The second-order valence-electron chi connectivity index (χ2n) is 6.09. The van der Waals surface area contributed by atoms with E-state index in [1.165, 1.54) is 0 Å². The van der Waals surface area contributed by atoms with E-state index in [4.69, 9.17) is 40.2 Å². The highest BCUT2D eigenvalue weighted by Crippen LogP contribution is 2.27. The van der Waals surface area contributed by atoms with Crippen LogP contribution in [0.5, 0.6) is 5.75 Å². The van der Waals surface area contributed by atoms with Crippen LogP contribution in [-0.4, -0.2) is 17.6 Å². The maximum atomic E-state index is 12.0. The van der Waals surface area contributed by atoms with Gasteiger partial charge in [-0.05, 0) is 59.7 Å². The first-order valence-corrected chi connectivity index (χ1v) is 9.85. The van der Waals surface area contributed by atoms with Crippen molar-refractivity contribution in [3.05, 3.63) is 70.7 Å². The van der Waals surface area contributed by atoms with Crippen LogP contribution < -0.4 is 15.4 Å². The number of hydrogen-bond donors (Lipinski definition) is 2. The zero-order valence-electron chi connectivity index (χ0n) is 14.9. The molecule has 2 N–H and O–H groups in total. The van der Waals surface area contributed by atoms with Crippen LogP contribution in [0.25, 0.3) is 10.8 Å². The molecule has 1 amide bonds. The van der Waals surface area contributed by atoms with Gasteiger partial charge in [-0.2, -0.15) is 0 Å². The molecule has 3 aromatic rings. The molecule has 0 atom stereocenters. The maximum Gasteiger partial charge on any atom is 0.226 e. The monoisotopic (exact) mass is 432 g/mol. The normalized spacial score (nSPS) is 10.5. The minimum atomic E-state index is -0.177. The van der Waals surface area contributed by atoms with E-state index in [-0.39, 0.29) is 17.4 Å². The molecule has 144 valence electrons. The van der Waals surface area contributed by atoms with Crippen LogP contribution in [0.1, 0.15) is 12.8 Å². The predicted molar refractivity (Wildman–Crippen MR) is 120 cm³/mol. The van der Waals surface area contributed by atoms with Crippen LogP contribution in [0.3, 0.4) is 0 Å². The summed E-state index contributed by atoms with van der Waals surface area (Å²) in [6, 6.07) is 19.0. The minimum Gasteiger partial charge on any atom is -0.492 e. The second kappa shape index (κ2) is 9.73. The van der Waals surface area contributed by atoms with Crippen molar-refractivity contribution in [2.75, 3.05) is 11.9 Å². The second-order valence-corrected chi connectivity index (χ2v) is 7.34. The number of fused-ring (bicyclic) bond motifs is 1. The molecule has 0 bridgehead atoms. The lowest BCUT2D eigenvalue weighted by Crippen LogP contribution is -2.34. The van der Waals surface area contributed by atoms with Gasteiger partial charge in [0.15, 0.2) is 5.11 Å². The lowest BCUT2D eigenvalue weighted by Gasteiger charge is -2.11. The van der Waals surface area contributed by atoms with Crippen LogP contribution in [0.15, 0.2) is 60.7 Å². The van der Waals surface area contributed by atoms with Crippen molar-refractivity contribution in [1.82, 2.24) is 5.32 Å². The Morgan fingerprint density at radius 2 is 1.79 bits per heavy atom. The molecule has 0 aliphatic heterocycles. The SMILES string of the molecule is O=C(CCCOc1ccc(Cl)cc1Cl)NC(=S)Nc1ccc2ccccc2c1. The number of halogens is 2. The lowest BCUT2D eigenvalue weighted by molar-refractivity contribution is -0.119. The van der Waals surface area contributed by atoms with Gasteiger partial charge in [0.25, 0.3) is 0 Å². The van der Waals surface area contributed by atoms with Crippen LogP contribution in [0, 0.1) is 0 Å². The molecule has 0 heterocycles. The van der Waals surface area contributed by atoms with E-state index in [1.54, 1.807) is 18.2 Å². The number of nitrogens with one attached hydrogen (secondary N) is 2. The Bertz CT molecular complexity index is 1010. The van der Waals surface area contributed by atoms with E-state index in [2.05, 4.69) is 10.6 Å². The first-order chi connectivity index (χ1) is 13.5. The molecular formula is C21H18Cl2N2O2S. The number of hydrogen-bond acceptors (Lipinski definition) is 3. The quantitative estimate of drug-likeness (QED) is 0.380. The molecule has 0 unspecified atom stereocenters. The minimum absolute atomic E-state index is 0.177. The van der Waals surface area contributed by atoms with Gasteiger partial charge in [-0.3, -0.25) is 4.79 Å². The molecule has 4 nitrogen and oxygen atoms in total. The number of amides is 1. The fourth-order valence-electron chi connectivity index (χ4n) is 2.63. The molecule has 0 spiro atoms. The maximum absolute atomic E-state index is 12.0. The lowest BCUT2D eigenvalue weighted by atomic mass is 10.1. The summed E-state index contributed by atoms with van der Waals surface area (Å²) in [6.45, 7) is 0.361. The van der Waals surface area contributed by atoms with Crippen LogP contribution in [0.4, 0.5) is 5.69 Å². The van der Waals surface area contributed by atoms with Gasteiger partial charge in [-0.1, -0.05) is 53.5 Å². The molecule has 7 heteroatoms. The Hall–Kier alpha value is -2.34. The van der Waals surface area contributed by atoms with Crippen molar-refractivity contribution in [1.29, 1.82) is 0 Å². The van der Waals surface area contributed by atoms with Crippen molar-refractivity contribution < 1.29 is 9.53 Å². The zero-order valence-corrected chi connectivity index (χ0v) is 17.2. The van der Waals surface area contributed by atoms with Crippen molar-refractivity contribution >= 4 is 62.9 Å². The van der Waals surface area contributed by atoms with E-state index >= 15 is 0 Å². The summed E-state index contributed by atoms with van der Waals surface area (Å²) in [7, 11) is 0. The summed E-state index contributed by atoms with van der Waals surface area (Å²) in [5.74, 6) is 0.365. The van der Waals surface area contributed by atoms with E-state index in [0.717, 1.165) is 16.5 Å². The standard InChI is InChI=1S/C21H18Cl2N2O2S/c22-16-8-10-19(18(23)13-16)27-11-3-6-20(26)25-21(28)24-17-9-7-14-4-1-2-5-15(14)12-17/h1-2,4-5,7-10,12-13H,3,6,11H2,(H2,24,25,26,28). The molecule has 0 saturated carbocycles. The molecule has 0 aliphatic carbocycles. The third-order valence-corrected chi connectivity index (χ3v) is 4.69. The number of benzene rings is 3. The number of thiocarbonyl (C=S) groups is 1. The van der Waals surface area contributed by atoms with Gasteiger partial charge in [0, 0.05) is 17.1 Å². The van der Waals surface area contributed by atoms with Gasteiger partial charge < -0.3 is 15.4 Å². The highest BCUT2D eigenvalue weighted by Gasteiger charge is 2.07. The third kappa shape index (κ3) is 5.83. The Kier molecular flexibility index (Phi) is 7.09. The van der Waals surface area contributed by atoms with E-state index in [0.29, 0.717) is 28.8 Å². The molecule has 0 fully saturated rings. The molecule has 0 aromatic heterocycles. The molecular weight excluding hydrogens is 415 g/mol. The number of rotatable bonds is 6. The summed E-state index contributed by atoms with van der Waals surface area (Å²) in [5.41, 5.74) is 0.824. The Balaban J connectivity index is 1.41. The van der Waals surface area contributed by atoms with Crippen LogP contribution >= 0.6 is 35.4 Å². The molecule has 0 radical (unpaired) electrons. The van der Waals surface area contributed by atoms with Gasteiger partial charge in [-0.15, -0.1) is 0 Å². The number of anilines is 1. The molecule has 0 aliphatic rings. The molecule has 28 heavy (non-hydrogen) atoms. The number of carbonyl (C=O) groups is 1. The average Bonchev–Trinajstić information content (AvgIpc) is 2.66. The fourth-order valence-corrected chi connectivity index (χ4v) is 3.32. The van der Waals surface area contributed by atoms with Crippen LogP contribution in [-0.2, 0) is 4.79 Å². The Morgan fingerprint density at radius 3 is 2.57 bits per heavy atom. The van der Waals surface area contributed by atoms with Gasteiger partial charge in [-0.25, -0.2) is 0 Å². The topological polar surface area (TPSA) is 50.4 Å². The van der Waals surface area contributed by atoms with Crippen molar-refractivity contribution in [2.24, 2.45) is 0 Å². The van der Waals surface area contributed by atoms with E-state index < -0.39 is 0 Å². The predicted octanol–water partition coefficient (Wildman–Crippen LogP) is 5.82. The largest absolute Gasteiger partial charge is 0.492 e. The highest BCUT2D eigenvalue weighted by atomic mass is 35.5. The van der Waals surface area contributed by atoms with E-state index in [1.807, 2.05) is 42.5 Å². The Labute approximate surface area is 178 Å².